The summed E-state index contributed by atoms with van der Waals surface area (Å²) in [6, 6.07) is 6.75. The minimum Gasteiger partial charge on any atom is -0.310 e. The monoisotopic (exact) mass is 324 g/mol. The molecule has 96 valence electrons. The van der Waals surface area contributed by atoms with Crippen LogP contribution < -0.4 is 5.32 Å². The van der Waals surface area contributed by atoms with Crippen molar-refractivity contribution in [2.24, 2.45) is 0 Å². The number of nitrogens with zero attached hydrogens (tertiary/aromatic N) is 1. The van der Waals surface area contributed by atoms with Crippen LogP contribution in [0.5, 0.6) is 0 Å². The molecule has 1 atom stereocenters. The summed E-state index contributed by atoms with van der Waals surface area (Å²) in [5.41, 5.74) is 2.42. The van der Waals surface area contributed by atoms with Crippen molar-refractivity contribution in [2.75, 3.05) is 6.54 Å². The summed E-state index contributed by atoms with van der Waals surface area (Å²) in [7, 11) is 0. The van der Waals surface area contributed by atoms with Crippen molar-refractivity contribution < 1.29 is 0 Å². The van der Waals surface area contributed by atoms with Crippen LogP contribution in [0.3, 0.4) is 0 Å². The zero-order chi connectivity index (χ0) is 13.1. The third-order valence-electron chi connectivity index (χ3n) is 2.88. The van der Waals surface area contributed by atoms with Crippen LogP contribution in [0.1, 0.15) is 30.3 Å². The Morgan fingerprint density at radius 2 is 2.22 bits per heavy atom. The van der Waals surface area contributed by atoms with Gasteiger partial charge in [-0.3, -0.25) is 0 Å². The van der Waals surface area contributed by atoms with Crippen LogP contribution in [0, 0.1) is 6.92 Å². The second kappa shape index (κ2) is 5.95. The number of aryl methyl sites for hydroxylation is 1. The second-order valence-corrected chi connectivity index (χ2v) is 6.23. The standard InChI is InChI=1S/C14H17BrN2S/c1-4-16-10(3)13-8-17-14(18-13)11-6-5-9(2)12(15)7-11/h5-8,10,16H,4H2,1-3H3. The van der Waals surface area contributed by atoms with Crippen LogP contribution in [0.2, 0.25) is 0 Å². The van der Waals surface area contributed by atoms with Gasteiger partial charge in [0.1, 0.15) is 5.01 Å². The second-order valence-electron chi connectivity index (χ2n) is 4.31. The molecule has 0 spiro atoms. The van der Waals surface area contributed by atoms with E-state index < -0.39 is 0 Å². The number of benzene rings is 1. The van der Waals surface area contributed by atoms with Crippen molar-refractivity contribution in [3.05, 3.63) is 39.3 Å². The molecular weight excluding hydrogens is 308 g/mol. The molecule has 0 aliphatic heterocycles. The molecule has 2 rings (SSSR count). The van der Waals surface area contributed by atoms with Crippen molar-refractivity contribution in [1.82, 2.24) is 10.3 Å². The van der Waals surface area contributed by atoms with E-state index in [2.05, 4.69) is 65.2 Å². The van der Waals surface area contributed by atoms with E-state index in [1.807, 2.05) is 6.20 Å². The van der Waals surface area contributed by atoms with Crippen LogP contribution >= 0.6 is 27.3 Å². The molecule has 0 saturated carbocycles. The van der Waals surface area contributed by atoms with E-state index >= 15 is 0 Å². The van der Waals surface area contributed by atoms with Crippen molar-refractivity contribution in [3.8, 4) is 10.6 Å². The lowest BCUT2D eigenvalue weighted by Gasteiger charge is -2.08. The van der Waals surface area contributed by atoms with Crippen molar-refractivity contribution in [2.45, 2.75) is 26.8 Å². The molecule has 18 heavy (non-hydrogen) atoms. The number of halogens is 1. The fourth-order valence-corrected chi connectivity index (χ4v) is 3.07. The lowest BCUT2D eigenvalue weighted by atomic mass is 10.2. The number of hydrogen-bond donors (Lipinski definition) is 1. The predicted molar refractivity (Wildman–Crippen MR) is 82.1 cm³/mol. The highest BCUT2D eigenvalue weighted by atomic mass is 79.9. The summed E-state index contributed by atoms with van der Waals surface area (Å²) >= 11 is 5.32. The molecule has 0 aliphatic carbocycles. The van der Waals surface area contributed by atoms with Crippen molar-refractivity contribution >= 4 is 27.3 Å². The number of thiazole rings is 1. The van der Waals surface area contributed by atoms with Crippen LogP contribution in [-0.2, 0) is 0 Å². The Hall–Kier alpha value is -0.710. The third-order valence-corrected chi connectivity index (χ3v) is 4.96. The molecule has 0 bridgehead atoms. The van der Waals surface area contributed by atoms with E-state index in [1.165, 1.54) is 16.0 Å². The quantitative estimate of drug-likeness (QED) is 0.892. The normalized spacial score (nSPS) is 12.7. The van der Waals surface area contributed by atoms with Gasteiger partial charge in [-0.1, -0.05) is 35.0 Å². The molecule has 0 aliphatic rings. The summed E-state index contributed by atoms with van der Waals surface area (Å²) < 4.78 is 1.14. The van der Waals surface area contributed by atoms with Gasteiger partial charge in [0, 0.05) is 27.2 Å². The summed E-state index contributed by atoms with van der Waals surface area (Å²) in [5, 5.41) is 4.49. The lowest BCUT2D eigenvalue weighted by Crippen LogP contribution is -2.16. The smallest absolute Gasteiger partial charge is 0.123 e. The van der Waals surface area contributed by atoms with Crippen molar-refractivity contribution in [1.29, 1.82) is 0 Å². The van der Waals surface area contributed by atoms with Gasteiger partial charge in [0.15, 0.2) is 0 Å². The largest absolute Gasteiger partial charge is 0.310 e. The Balaban J connectivity index is 2.26. The molecule has 2 aromatic rings. The van der Waals surface area contributed by atoms with E-state index in [0.29, 0.717) is 6.04 Å². The Kier molecular flexibility index (Phi) is 4.54. The zero-order valence-electron chi connectivity index (χ0n) is 10.8. The van der Waals surface area contributed by atoms with Gasteiger partial charge in [0.25, 0.3) is 0 Å². The first-order valence-electron chi connectivity index (χ1n) is 6.07. The van der Waals surface area contributed by atoms with Crippen LogP contribution in [-0.4, -0.2) is 11.5 Å². The molecule has 0 radical (unpaired) electrons. The molecule has 2 nitrogen and oxygen atoms in total. The Labute approximate surface area is 121 Å². The lowest BCUT2D eigenvalue weighted by molar-refractivity contribution is 0.606. The molecular formula is C14H17BrN2S. The maximum Gasteiger partial charge on any atom is 0.123 e. The fourth-order valence-electron chi connectivity index (χ4n) is 1.75. The van der Waals surface area contributed by atoms with Gasteiger partial charge in [0.05, 0.1) is 0 Å². The number of aromatic nitrogens is 1. The third kappa shape index (κ3) is 2.99. The summed E-state index contributed by atoms with van der Waals surface area (Å²) in [6.07, 6.45) is 1.97. The Bertz CT molecular complexity index is 536. The zero-order valence-corrected chi connectivity index (χ0v) is 13.2. The molecule has 1 heterocycles. The Morgan fingerprint density at radius 3 is 2.89 bits per heavy atom. The summed E-state index contributed by atoms with van der Waals surface area (Å²) in [6.45, 7) is 7.36. The highest BCUT2D eigenvalue weighted by Crippen LogP contribution is 2.31. The molecule has 4 heteroatoms. The molecule has 1 unspecified atom stereocenters. The first kappa shape index (κ1) is 13.7. The molecule has 1 aromatic heterocycles. The molecule has 0 amide bonds. The average Bonchev–Trinajstić information content (AvgIpc) is 2.82. The van der Waals surface area contributed by atoms with Gasteiger partial charge in [-0.15, -0.1) is 11.3 Å². The van der Waals surface area contributed by atoms with E-state index in [0.717, 1.165) is 16.0 Å². The highest BCUT2D eigenvalue weighted by molar-refractivity contribution is 9.10. The van der Waals surface area contributed by atoms with Crippen LogP contribution in [0.25, 0.3) is 10.6 Å². The van der Waals surface area contributed by atoms with Gasteiger partial charge in [-0.2, -0.15) is 0 Å². The van der Waals surface area contributed by atoms with E-state index in [9.17, 15) is 0 Å². The molecule has 0 saturated heterocycles. The average molecular weight is 325 g/mol. The van der Waals surface area contributed by atoms with E-state index in [1.54, 1.807) is 11.3 Å². The number of nitrogens with one attached hydrogen (secondary N) is 1. The summed E-state index contributed by atoms with van der Waals surface area (Å²) in [5.74, 6) is 0. The fraction of sp³-hybridized carbons (Fsp3) is 0.357. The maximum atomic E-state index is 4.52. The SMILES string of the molecule is CCNC(C)c1cnc(-c2ccc(C)c(Br)c2)s1. The number of hydrogen-bond acceptors (Lipinski definition) is 3. The van der Waals surface area contributed by atoms with Gasteiger partial charge in [-0.05, 0) is 32.0 Å². The highest BCUT2D eigenvalue weighted by Gasteiger charge is 2.10. The number of rotatable bonds is 4. The minimum atomic E-state index is 0.370. The van der Waals surface area contributed by atoms with Gasteiger partial charge >= 0.3 is 0 Å². The first-order valence-corrected chi connectivity index (χ1v) is 7.68. The molecule has 1 N–H and O–H groups in total. The van der Waals surface area contributed by atoms with Gasteiger partial charge in [-0.25, -0.2) is 4.98 Å². The first-order chi connectivity index (χ1) is 8.61. The van der Waals surface area contributed by atoms with Crippen LogP contribution in [0.4, 0.5) is 0 Å². The Morgan fingerprint density at radius 1 is 1.44 bits per heavy atom. The van der Waals surface area contributed by atoms with Gasteiger partial charge in [0.2, 0.25) is 0 Å². The summed E-state index contributed by atoms with van der Waals surface area (Å²) in [4.78, 5) is 5.80. The maximum absolute atomic E-state index is 4.52. The van der Waals surface area contributed by atoms with Gasteiger partial charge < -0.3 is 5.32 Å². The molecule has 0 fully saturated rings. The predicted octanol–water partition coefficient (Wildman–Crippen LogP) is 4.55. The molecule has 1 aromatic carbocycles. The van der Waals surface area contributed by atoms with Crippen LogP contribution in [0.15, 0.2) is 28.9 Å². The van der Waals surface area contributed by atoms with E-state index in [4.69, 9.17) is 0 Å². The minimum absolute atomic E-state index is 0.370. The van der Waals surface area contributed by atoms with E-state index in [-0.39, 0.29) is 0 Å². The topological polar surface area (TPSA) is 24.9 Å². The van der Waals surface area contributed by atoms with Crippen molar-refractivity contribution in [3.63, 3.8) is 0 Å².